The van der Waals surface area contributed by atoms with Gasteiger partial charge in [0.1, 0.15) is 17.1 Å². The molecule has 4 rings (SSSR count). The van der Waals surface area contributed by atoms with Crippen LogP contribution in [0.4, 0.5) is 29.3 Å². The van der Waals surface area contributed by atoms with E-state index in [1.807, 2.05) is 5.32 Å². The molecule has 0 radical (unpaired) electrons. The van der Waals surface area contributed by atoms with Crippen LogP contribution in [0, 0.1) is 10.1 Å². The number of carbonyl (C=O) groups excluding carboxylic acids is 3. The number of halogens is 3. The number of aromatic hydroxyl groups is 1. The zero-order valence-corrected chi connectivity index (χ0v) is 18.4. The van der Waals surface area contributed by atoms with Crippen molar-refractivity contribution in [2.45, 2.75) is 6.18 Å². The van der Waals surface area contributed by atoms with Crippen LogP contribution in [-0.4, -0.2) is 27.9 Å². The van der Waals surface area contributed by atoms with Gasteiger partial charge in [0.25, 0.3) is 11.8 Å². The van der Waals surface area contributed by atoms with Crippen LogP contribution in [0.5, 0.6) is 17.2 Å². The van der Waals surface area contributed by atoms with Gasteiger partial charge >= 0.3 is 17.9 Å². The minimum atomic E-state index is -4.77. The molecule has 0 aromatic heterocycles. The Morgan fingerprint density at radius 1 is 0.973 bits per heavy atom. The molecule has 3 aromatic rings. The van der Waals surface area contributed by atoms with Crippen molar-refractivity contribution >= 4 is 35.3 Å². The Hall–Kier alpha value is -5.20. The highest BCUT2D eigenvalue weighted by atomic mass is 19.4. The predicted molar refractivity (Wildman–Crippen MR) is 122 cm³/mol. The number of hydrogen-bond acceptors (Lipinski definition) is 7. The Bertz CT molecular complexity index is 1450. The highest BCUT2D eigenvalue weighted by Crippen LogP contribution is 2.38. The van der Waals surface area contributed by atoms with Gasteiger partial charge in [0.15, 0.2) is 0 Å². The minimum Gasteiger partial charge on any atom is -0.508 e. The summed E-state index contributed by atoms with van der Waals surface area (Å²) < 4.78 is 44.0. The van der Waals surface area contributed by atoms with Gasteiger partial charge in [0.2, 0.25) is 5.75 Å². The Kier molecular flexibility index (Phi) is 6.36. The molecule has 1 fully saturated rings. The highest BCUT2D eigenvalue weighted by molar-refractivity contribution is 6.39. The first kappa shape index (κ1) is 24.9. The molecule has 0 atom stereocenters. The summed E-state index contributed by atoms with van der Waals surface area (Å²) in [5, 5.41) is 22.7. The fourth-order valence-electron chi connectivity index (χ4n) is 3.34. The maximum Gasteiger partial charge on any atom is 0.416 e. The predicted octanol–water partition coefficient (Wildman–Crippen LogP) is 4.78. The molecule has 37 heavy (non-hydrogen) atoms. The van der Waals surface area contributed by atoms with Crippen LogP contribution in [0.15, 0.2) is 72.3 Å². The zero-order chi connectivity index (χ0) is 26.9. The molecular formula is C24H14F3N3O7. The second-order valence-electron chi connectivity index (χ2n) is 7.58. The lowest BCUT2D eigenvalue weighted by Crippen LogP contribution is -2.54. The van der Waals surface area contributed by atoms with Crippen LogP contribution in [0.25, 0.3) is 6.08 Å². The van der Waals surface area contributed by atoms with E-state index in [1.54, 1.807) is 0 Å². The molecule has 3 aromatic carbocycles. The fourth-order valence-corrected chi connectivity index (χ4v) is 3.34. The molecule has 0 aliphatic carbocycles. The van der Waals surface area contributed by atoms with Gasteiger partial charge in [-0.15, -0.1) is 0 Å². The van der Waals surface area contributed by atoms with Crippen molar-refractivity contribution in [1.29, 1.82) is 0 Å². The van der Waals surface area contributed by atoms with Gasteiger partial charge in [-0.1, -0.05) is 12.1 Å². The molecule has 0 bridgehead atoms. The third-order valence-corrected chi connectivity index (χ3v) is 5.11. The maximum absolute atomic E-state index is 12.9. The van der Waals surface area contributed by atoms with Gasteiger partial charge in [-0.05, 0) is 60.2 Å². The lowest BCUT2D eigenvalue weighted by Gasteiger charge is -2.26. The minimum absolute atomic E-state index is 0.0327. The van der Waals surface area contributed by atoms with Crippen LogP contribution < -0.4 is 15.0 Å². The molecule has 188 valence electrons. The van der Waals surface area contributed by atoms with Gasteiger partial charge in [-0.25, -0.2) is 9.69 Å². The average molecular weight is 513 g/mol. The van der Waals surface area contributed by atoms with Crippen molar-refractivity contribution in [3.63, 3.8) is 0 Å². The van der Waals surface area contributed by atoms with Crippen molar-refractivity contribution < 1.29 is 42.3 Å². The number of imide groups is 2. The van der Waals surface area contributed by atoms with Gasteiger partial charge < -0.3 is 9.84 Å². The number of alkyl halides is 3. The Balaban J connectivity index is 1.58. The summed E-state index contributed by atoms with van der Waals surface area (Å²) in [4.78, 5) is 48.4. The van der Waals surface area contributed by atoms with E-state index in [1.165, 1.54) is 54.6 Å². The van der Waals surface area contributed by atoms with E-state index in [2.05, 4.69) is 0 Å². The third-order valence-electron chi connectivity index (χ3n) is 5.11. The van der Waals surface area contributed by atoms with Gasteiger partial charge in [-0.3, -0.25) is 25.0 Å². The number of rotatable bonds is 5. The summed E-state index contributed by atoms with van der Waals surface area (Å²) >= 11 is 0. The normalized spacial score (nSPS) is 15.1. The molecule has 1 aliphatic rings. The Labute approximate surface area is 205 Å². The van der Waals surface area contributed by atoms with Crippen LogP contribution in [0.2, 0.25) is 0 Å². The molecule has 1 saturated heterocycles. The first-order valence-electron chi connectivity index (χ1n) is 10.3. The number of anilines is 1. The maximum atomic E-state index is 12.9. The molecule has 10 nitrogen and oxygen atoms in total. The van der Waals surface area contributed by atoms with Crippen molar-refractivity contribution in [2.24, 2.45) is 0 Å². The molecule has 4 amide bonds. The van der Waals surface area contributed by atoms with E-state index in [0.29, 0.717) is 22.6 Å². The van der Waals surface area contributed by atoms with E-state index >= 15 is 0 Å². The number of nitro groups is 1. The Morgan fingerprint density at radius 3 is 2.22 bits per heavy atom. The average Bonchev–Trinajstić information content (AvgIpc) is 2.83. The number of urea groups is 1. The topological polar surface area (TPSA) is 139 Å². The molecule has 2 N–H and O–H groups in total. The summed E-state index contributed by atoms with van der Waals surface area (Å²) in [6, 6.07) is 11.4. The van der Waals surface area contributed by atoms with Crippen LogP contribution in [0.1, 0.15) is 11.1 Å². The van der Waals surface area contributed by atoms with Crippen LogP contribution in [-0.2, 0) is 15.8 Å². The van der Waals surface area contributed by atoms with E-state index in [0.717, 1.165) is 6.07 Å². The lowest BCUT2D eigenvalue weighted by atomic mass is 10.1. The molecule has 0 unspecified atom stereocenters. The second-order valence-corrected chi connectivity index (χ2v) is 7.58. The fraction of sp³-hybridized carbons (Fsp3) is 0.0417. The number of phenols is 1. The van der Waals surface area contributed by atoms with Crippen LogP contribution >= 0.6 is 0 Å². The quantitative estimate of drug-likeness (QED) is 0.217. The number of carbonyl (C=O) groups is 3. The number of barbiturate groups is 1. The number of amides is 4. The summed E-state index contributed by atoms with van der Waals surface area (Å²) in [5.41, 5.74) is -2.04. The summed E-state index contributed by atoms with van der Waals surface area (Å²) in [6.07, 6.45) is -3.58. The SMILES string of the molecule is O=C1NC(=O)N(c2ccc(O)cc2)C(=O)/C1=C/c1ccc(Oc2ccc(C(F)(F)F)cc2[N+](=O)[O-])cc1. The van der Waals surface area contributed by atoms with Gasteiger partial charge in [0.05, 0.1) is 16.2 Å². The number of ether oxygens (including phenoxy) is 1. The zero-order valence-electron chi connectivity index (χ0n) is 18.4. The standard InChI is InChI=1S/C24H14F3N3O7/c25-24(26,27)14-3-10-20(19(12-14)30(35)36)37-17-8-1-13(2-9-17)11-18-21(32)28-23(34)29(22(18)33)15-4-6-16(31)7-5-15/h1-12,31H,(H,28,32,34)/b18-11+. The summed E-state index contributed by atoms with van der Waals surface area (Å²) in [5.74, 6) is -2.34. The van der Waals surface area contributed by atoms with Gasteiger partial charge in [-0.2, -0.15) is 13.2 Å². The number of phenolic OH excluding ortho intramolecular Hbond substituents is 1. The van der Waals surface area contributed by atoms with E-state index < -0.39 is 45.9 Å². The highest BCUT2D eigenvalue weighted by Gasteiger charge is 2.37. The first-order valence-corrected chi connectivity index (χ1v) is 10.3. The number of nitro benzene ring substituents is 1. The summed E-state index contributed by atoms with van der Waals surface area (Å²) in [6.45, 7) is 0. The molecule has 13 heteroatoms. The van der Waals surface area contributed by atoms with Crippen LogP contribution in [0.3, 0.4) is 0 Å². The van der Waals surface area contributed by atoms with Crippen molar-refractivity contribution in [3.8, 4) is 17.2 Å². The van der Waals surface area contributed by atoms with Crippen molar-refractivity contribution in [3.05, 3.63) is 93.5 Å². The van der Waals surface area contributed by atoms with Crippen molar-refractivity contribution in [2.75, 3.05) is 4.90 Å². The molecule has 1 heterocycles. The molecule has 1 aliphatic heterocycles. The number of nitrogens with zero attached hydrogens (tertiary/aromatic N) is 2. The largest absolute Gasteiger partial charge is 0.508 e. The first-order chi connectivity index (χ1) is 17.4. The Morgan fingerprint density at radius 2 is 1.62 bits per heavy atom. The van der Waals surface area contributed by atoms with E-state index in [-0.39, 0.29) is 22.8 Å². The molecular weight excluding hydrogens is 499 g/mol. The summed E-state index contributed by atoms with van der Waals surface area (Å²) in [7, 11) is 0. The molecule has 0 spiro atoms. The monoisotopic (exact) mass is 513 g/mol. The lowest BCUT2D eigenvalue weighted by molar-refractivity contribution is -0.385. The number of benzene rings is 3. The van der Waals surface area contributed by atoms with E-state index in [4.69, 9.17) is 4.74 Å². The second kappa shape index (κ2) is 9.45. The number of hydrogen-bond donors (Lipinski definition) is 2. The van der Waals surface area contributed by atoms with Gasteiger partial charge in [0, 0.05) is 6.07 Å². The smallest absolute Gasteiger partial charge is 0.416 e. The van der Waals surface area contributed by atoms with Crippen molar-refractivity contribution in [1.82, 2.24) is 5.32 Å². The van der Waals surface area contributed by atoms with E-state index in [9.17, 15) is 42.8 Å². The number of nitrogens with one attached hydrogen (secondary N) is 1. The molecule has 0 saturated carbocycles. The third kappa shape index (κ3) is 5.24.